The molecule has 5 heteroatoms. The average molecular weight is 366 g/mol. The van der Waals surface area contributed by atoms with Gasteiger partial charge in [0.25, 0.3) is 0 Å². The van der Waals surface area contributed by atoms with Crippen molar-refractivity contribution in [2.24, 2.45) is 5.92 Å². The Kier molecular flexibility index (Phi) is 6.20. The van der Waals surface area contributed by atoms with Gasteiger partial charge in [0.05, 0.1) is 5.69 Å². The normalized spacial score (nSPS) is 18.5. The number of piperidine rings is 1. The molecule has 0 amide bonds. The first-order valence-electron chi connectivity index (χ1n) is 10.5. The third-order valence-electron chi connectivity index (χ3n) is 5.80. The van der Waals surface area contributed by atoms with Crippen LogP contribution in [0.4, 0.5) is 11.8 Å². The first-order valence-corrected chi connectivity index (χ1v) is 10.5. The van der Waals surface area contributed by atoms with E-state index in [-0.39, 0.29) is 0 Å². The zero-order valence-electron chi connectivity index (χ0n) is 16.1. The highest BCUT2D eigenvalue weighted by Gasteiger charge is 2.17. The third kappa shape index (κ3) is 5.19. The van der Waals surface area contributed by atoms with Gasteiger partial charge in [0.1, 0.15) is 5.82 Å². The van der Waals surface area contributed by atoms with Gasteiger partial charge >= 0.3 is 0 Å². The summed E-state index contributed by atoms with van der Waals surface area (Å²) in [6.45, 7) is 3.29. The Morgan fingerprint density at radius 3 is 2.52 bits per heavy atom. The zero-order valence-corrected chi connectivity index (χ0v) is 16.1. The molecule has 0 spiro atoms. The molecule has 2 heterocycles. The molecule has 0 bridgehead atoms. The van der Waals surface area contributed by atoms with E-state index < -0.39 is 0 Å². The first-order chi connectivity index (χ1) is 13.4. The van der Waals surface area contributed by atoms with Gasteiger partial charge in [-0.3, -0.25) is 0 Å². The number of anilines is 2. The lowest BCUT2D eigenvalue weighted by atomic mass is 9.95. The maximum Gasteiger partial charge on any atom is 0.225 e. The predicted molar refractivity (Wildman–Crippen MR) is 112 cm³/mol. The van der Waals surface area contributed by atoms with Crippen LogP contribution in [0.5, 0.6) is 0 Å². The van der Waals surface area contributed by atoms with Crippen molar-refractivity contribution in [2.45, 2.75) is 51.0 Å². The van der Waals surface area contributed by atoms with Crippen LogP contribution in [0.1, 0.15) is 44.9 Å². The van der Waals surface area contributed by atoms with Crippen LogP contribution in [0.2, 0.25) is 0 Å². The van der Waals surface area contributed by atoms with Crippen LogP contribution in [-0.2, 0) is 0 Å². The Hall–Kier alpha value is -2.14. The van der Waals surface area contributed by atoms with Crippen LogP contribution in [0.3, 0.4) is 0 Å². The van der Waals surface area contributed by atoms with Gasteiger partial charge in [-0.1, -0.05) is 43.2 Å². The first kappa shape index (κ1) is 18.2. The number of nitrogens with zero attached hydrogens (tertiary/aromatic N) is 2. The van der Waals surface area contributed by atoms with Gasteiger partial charge in [-0.2, -0.15) is 4.98 Å². The highest BCUT2D eigenvalue weighted by atomic mass is 15.2. The number of benzene rings is 1. The lowest BCUT2D eigenvalue weighted by molar-refractivity contribution is 0.361. The van der Waals surface area contributed by atoms with E-state index >= 15 is 0 Å². The summed E-state index contributed by atoms with van der Waals surface area (Å²) in [6, 6.07) is 13.0. The quantitative estimate of drug-likeness (QED) is 0.683. The summed E-state index contributed by atoms with van der Waals surface area (Å²) in [5, 5.41) is 10.6. The molecule has 2 aliphatic rings. The Bertz CT molecular complexity index is 706. The smallest absolute Gasteiger partial charge is 0.225 e. The minimum atomic E-state index is 0.513. The van der Waals surface area contributed by atoms with Crippen LogP contribution in [0, 0.1) is 5.92 Å². The van der Waals surface area contributed by atoms with E-state index in [0.29, 0.717) is 6.04 Å². The lowest BCUT2D eigenvalue weighted by Gasteiger charge is -2.22. The average Bonchev–Trinajstić information content (AvgIpc) is 3.22. The molecule has 2 fully saturated rings. The molecule has 1 aromatic heterocycles. The monoisotopic (exact) mass is 365 g/mol. The molecule has 0 unspecified atom stereocenters. The van der Waals surface area contributed by atoms with Crippen LogP contribution < -0.4 is 16.0 Å². The summed E-state index contributed by atoms with van der Waals surface area (Å²) in [4.78, 5) is 9.55. The van der Waals surface area contributed by atoms with Crippen molar-refractivity contribution >= 4 is 11.8 Å². The molecule has 0 atom stereocenters. The fourth-order valence-electron chi connectivity index (χ4n) is 4.19. The van der Waals surface area contributed by atoms with Gasteiger partial charge in [0, 0.05) is 24.2 Å². The molecular weight excluding hydrogens is 334 g/mol. The minimum Gasteiger partial charge on any atom is -0.370 e. The standard InChI is InChI=1S/C22H31N5/c1-2-6-18(7-3-1)20-16-21(24-15-12-17-10-13-23-14-11-17)27-22(26-20)25-19-8-4-5-9-19/h1-3,6-7,16-17,19,23H,4-5,8-15H2,(H2,24,25,26,27). The molecule has 1 aromatic carbocycles. The van der Waals surface area contributed by atoms with Crippen molar-refractivity contribution in [1.82, 2.24) is 15.3 Å². The summed E-state index contributed by atoms with van der Waals surface area (Å²) in [6.07, 6.45) is 8.83. The van der Waals surface area contributed by atoms with Gasteiger partial charge < -0.3 is 16.0 Å². The van der Waals surface area contributed by atoms with E-state index in [2.05, 4.69) is 46.3 Å². The molecule has 5 nitrogen and oxygen atoms in total. The van der Waals surface area contributed by atoms with Crippen LogP contribution in [-0.4, -0.2) is 35.6 Å². The highest BCUT2D eigenvalue weighted by molar-refractivity contribution is 5.64. The molecule has 1 saturated carbocycles. The van der Waals surface area contributed by atoms with Gasteiger partial charge in [-0.15, -0.1) is 0 Å². The van der Waals surface area contributed by atoms with Crippen LogP contribution in [0.25, 0.3) is 11.3 Å². The van der Waals surface area contributed by atoms with Crippen molar-refractivity contribution < 1.29 is 0 Å². The second kappa shape index (κ2) is 9.18. The molecule has 2 aromatic rings. The van der Waals surface area contributed by atoms with E-state index in [1.165, 1.54) is 44.9 Å². The topological polar surface area (TPSA) is 61.9 Å². The molecule has 1 aliphatic heterocycles. The number of hydrogen-bond acceptors (Lipinski definition) is 5. The Balaban J connectivity index is 1.46. The SMILES string of the molecule is c1ccc(-c2cc(NCCC3CCNCC3)nc(NC3CCCC3)n2)cc1. The second-order valence-corrected chi connectivity index (χ2v) is 7.86. The minimum absolute atomic E-state index is 0.513. The second-order valence-electron chi connectivity index (χ2n) is 7.86. The van der Waals surface area contributed by atoms with Crippen molar-refractivity contribution in [1.29, 1.82) is 0 Å². The Labute approximate surface area is 162 Å². The number of aromatic nitrogens is 2. The van der Waals surface area contributed by atoms with Crippen molar-refractivity contribution in [3.63, 3.8) is 0 Å². The van der Waals surface area contributed by atoms with Gasteiger partial charge in [0.2, 0.25) is 5.95 Å². The number of hydrogen-bond donors (Lipinski definition) is 3. The molecule has 3 N–H and O–H groups in total. The van der Waals surface area contributed by atoms with Gasteiger partial charge in [-0.25, -0.2) is 4.98 Å². The Morgan fingerprint density at radius 2 is 1.74 bits per heavy atom. The van der Waals surface area contributed by atoms with Crippen LogP contribution in [0.15, 0.2) is 36.4 Å². The molecule has 0 radical (unpaired) electrons. The third-order valence-corrected chi connectivity index (χ3v) is 5.80. The van der Waals surface area contributed by atoms with E-state index in [4.69, 9.17) is 9.97 Å². The molecule has 1 aliphatic carbocycles. The van der Waals surface area contributed by atoms with Gasteiger partial charge in [0.15, 0.2) is 0 Å². The molecule has 27 heavy (non-hydrogen) atoms. The van der Waals surface area contributed by atoms with Crippen molar-refractivity contribution in [2.75, 3.05) is 30.3 Å². The fraction of sp³-hybridized carbons (Fsp3) is 0.545. The molecular formula is C22H31N5. The van der Waals surface area contributed by atoms with E-state index in [0.717, 1.165) is 48.6 Å². The van der Waals surface area contributed by atoms with E-state index in [1.807, 2.05) is 6.07 Å². The maximum absolute atomic E-state index is 4.79. The number of rotatable bonds is 7. The summed E-state index contributed by atoms with van der Waals surface area (Å²) < 4.78 is 0. The molecule has 144 valence electrons. The van der Waals surface area contributed by atoms with Crippen LogP contribution >= 0.6 is 0 Å². The summed E-state index contributed by atoms with van der Waals surface area (Å²) in [5.74, 6) is 2.51. The molecule has 4 rings (SSSR count). The zero-order chi connectivity index (χ0) is 18.3. The van der Waals surface area contributed by atoms with Crippen molar-refractivity contribution in [3.8, 4) is 11.3 Å². The highest BCUT2D eigenvalue weighted by Crippen LogP contribution is 2.25. The largest absolute Gasteiger partial charge is 0.370 e. The van der Waals surface area contributed by atoms with E-state index in [1.54, 1.807) is 0 Å². The van der Waals surface area contributed by atoms with E-state index in [9.17, 15) is 0 Å². The summed E-state index contributed by atoms with van der Waals surface area (Å²) in [7, 11) is 0. The fourth-order valence-corrected chi connectivity index (χ4v) is 4.19. The summed E-state index contributed by atoms with van der Waals surface area (Å²) in [5.41, 5.74) is 2.12. The molecule has 1 saturated heterocycles. The predicted octanol–water partition coefficient (Wildman–Crippen LogP) is 4.30. The van der Waals surface area contributed by atoms with Crippen molar-refractivity contribution in [3.05, 3.63) is 36.4 Å². The summed E-state index contributed by atoms with van der Waals surface area (Å²) >= 11 is 0. The number of nitrogens with one attached hydrogen (secondary N) is 3. The van der Waals surface area contributed by atoms with Gasteiger partial charge in [-0.05, 0) is 51.1 Å². The Morgan fingerprint density at radius 1 is 0.963 bits per heavy atom. The lowest BCUT2D eigenvalue weighted by Crippen LogP contribution is -2.28. The maximum atomic E-state index is 4.79.